The van der Waals surface area contributed by atoms with E-state index in [4.69, 9.17) is 16.3 Å². The van der Waals surface area contributed by atoms with Gasteiger partial charge in [0.1, 0.15) is 11.5 Å². The number of carbonyl (C=O) groups excluding carboxylic acids is 3. The Labute approximate surface area is 165 Å². The second-order valence-electron chi connectivity index (χ2n) is 6.03. The Bertz CT molecular complexity index is 1040. The van der Waals surface area contributed by atoms with Crippen LogP contribution in [-0.2, 0) is 16.6 Å². The molecule has 28 heavy (non-hydrogen) atoms. The molecule has 0 fully saturated rings. The summed E-state index contributed by atoms with van der Waals surface area (Å²) in [5, 5.41) is 7.59. The summed E-state index contributed by atoms with van der Waals surface area (Å²) in [6.07, 6.45) is 1.41. The summed E-state index contributed by atoms with van der Waals surface area (Å²) in [6, 6.07) is 10.2. The molecule has 9 heteroatoms. The van der Waals surface area contributed by atoms with Gasteiger partial charge in [-0.15, -0.1) is 0 Å². The fourth-order valence-electron chi connectivity index (χ4n) is 2.45. The lowest BCUT2D eigenvalue weighted by Crippen LogP contribution is -2.22. The number of aromatic nitrogens is 3. The summed E-state index contributed by atoms with van der Waals surface area (Å²) < 4.78 is 6.47. The number of ketones is 1. The number of ether oxygens (including phenoxy) is 1. The van der Waals surface area contributed by atoms with E-state index in [1.165, 1.54) is 23.9 Å². The number of anilines is 1. The Balaban J connectivity index is 1.59. The fourth-order valence-corrected chi connectivity index (χ4v) is 2.58. The van der Waals surface area contributed by atoms with Gasteiger partial charge in [0, 0.05) is 35.5 Å². The molecule has 0 radical (unpaired) electrons. The van der Waals surface area contributed by atoms with Crippen molar-refractivity contribution in [2.24, 2.45) is 7.05 Å². The molecule has 3 rings (SSSR count). The van der Waals surface area contributed by atoms with E-state index in [-0.39, 0.29) is 11.5 Å². The van der Waals surface area contributed by atoms with Crippen molar-refractivity contribution in [2.45, 2.75) is 6.92 Å². The molecule has 0 spiro atoms. The number of esters is 1. The number of hydrogen-bond donors (Lipinski definition) is 2. The van der Waals surface area contributed by atoms with Crippen LogP contribution in [0, 0.1) is 0 Å². The highest BCUT2D eigenvalue weighted by Crippen LogP contribution is 2.23. The number of hydrogen-bond acceptors (Lipinski definition) is 5. The second kappa shape index (κ2) is 8.10. The number of benzene rings is 1. The van der Waals surface area contributed by atoms with Crippen LogP contribution in [0.5, 0.6) is 0 Å². The van der Waals surface area contributed by atoms with Crippen molar-refractivity contribution >= 4 is 35.1 Å². The highest BCUT2D eigenvalue weighted by Gasteiger charge is 2.15. The average Bonchev–Trinajstić information content (AvgIpc) is 3.28. The number of Topliss-reactive ketones (excluding diaryl/α,β-unsaturated/α-hetero) is 1. The SMILES string of the molecule is CC(=O)c1c[nH]c(C(=O)OCC(=O)Nc2cc(-c3ccc(Cl)cc3)nn2C)c1. The highest BCUT2D eigenvalue weighted by atomic mass is 35.5. The van der Waals surface area contributed by atoms with Crippen molar-refractivity contribution in [3.8, 4) is 11.3 Å². The summed E-state index contributed by atoms with van der Waals surface area (Å²) in [6.45, 7) is 0.909. The Hall–Kier alpha value is -3.39. The van der Waals surface area contributed by atoms with Crippen LogP contribution in [-0.4, -0.2) is 39.0 Å². The van der Waals surface area contributed by atoms with Gasteiger partial charge in [-0.25, -0.2) is 4.79 Å². The maximum absolute atomic E-state index is 12.1. The van der Waals surface area contributed by atoms with Crippen molar-refractivity contribution in [1.82, 2.24) is 14.8 Å². The van der Waals surface area contributed by atoms with Crippen molar-refractivity contribution in [1.29, 1.82) is 0 Å². The molecule has 0 aliphatic carbocycles. The summed E-state index contributed by atoms with van der Waals surface area (Å²) >= 11 is 5.88. The van der Waals surface area contributed by atoms with Crippen molar-refractivity contribution in [3.63, 3.8) is 0 Å². The largest absolute Gasteiger partial charge is 0.451 e. The predicted octanol–water partition coefficient (Wildman–Crippen LogP) is 3.07. The van der Waals surface area contributed by atoms with Gasteiger partial charge in [-0.05, 0) is 25.1 Å². The summed E-state index contributed by atoms with van der Waals surface area (Å²) in [7, 11) is 1.68. The molecule has 3 aromatic rings. The van der Waals surface area contributed by atoms with Crippen LogP contribution in [0.3, 0.4) is 0 Å². The third-order valence-electron chi connectivity index (χ3n) is 3.93. The number of aromatic amines is 1. The molecule has 2 heterocycles. The smallest absolute Gasteiger partial charge is 0.355 e. The first-order valence-corrected chi connectivity index (χ1v) is 8.67. The maximum Gasteiger partial charge on any atom is 0.355 e. The third-order valence-corrected chi connectivity index (χ3v) is 4.18. The lowest BCUT2D eigenvalue weighted by molar-refractivity contribution is -0.119. The molecule has 2 N–H and O–H groups in total. The van der Waals surface area contributed by atoms with Crippen LogP contribution in [0.15, 0.2) is 42.6 Å². The zero-order chi connectivity index (χ0) is 20.3. The van der Waals surface area contributed by atoms with Crippen LogP contribution in [0.2, 0.25) is 5.02 Å². The second-order valence-corrected chi connectivity index (χ2v) is 6.46. The highest BCUT2D eigenvalue weighted by molar-refractivity contribution is 6.30. The van der Waals surface area contributed by atoms with Crippen LogP contribution in [0.4, 0.5) is 5.82 Å². The minimum Gasteiger partial charge on any atom is -0.451 e. The lowest BCUT2D eigenvalue weighted by Gasteiger charge is -2.05. The van der Waals surface area contributed by atoms with E-state index in [1.807, 2.05) is 12.1 Å². The number of aryl methyl sites for hydroxylation is 1. The molecule has 1 aromatic carbocycles. The average molecular weight is 401 g/mol. The van der Waals surface area contributed by atoms with Gasteiger partial charge in [0.05, 0.1) is 5.69 Å². The number of nitrogens with one attached hydrogen (secondary N) is 2. The molecular formula is C19H17ClN4O4. The van der Waals surface area contributed by atoms with E-state index in [0.29, 0.717) is 22.1 Å². The van der Waals surface area contributed by atoms with Crippen molar-refractivity contribution < 1.29 is 19.1 Å². The summed E-state index contributed by atoms with van der Waals surface area (Å²) in [5.74, 6) is -0.975. The van der Waals surface area contributed by atoms with E-state index >= 15 is 0 Å². The molecule has 0 saturated carbocycles. The van der Waals surface area contributed by atoms with E-state index in [0.717, 1.165) is 5.56 Å². The summed E-state index contributed by atoms with van der Waals surface area (Å²) in [4.78, 5) is 37.9. The van der Waals surface area contributed by atoms with E-state index < -0.39 is 18.5 Å². The normalized spacial score (nSPS) is 10.5. The first kappa shape index (κ1) is 19.4. The van der Waals surface area contributed by atoms with Gasteiger partial charge in [0.25, 0.3) is 5.91 Å². The van der Waals surface area contributed by atoms with Gasteiger partial charge in [-0.2, -0.15) is 5.10 Å². The zero-order valence-corrected chi connectivity index (χ0v) is 15.9. The van der Waals surface area contributed by atoms with Crippen LogP contribution in [0.1, 0.15) is 27.8 Å². The van der Waals surface area contributed by atoms with Crippen molar-refractivity contribution in [2.75, 3.05) is 11.9 Å². The lowest BCUT2D eigenvalue weighted by atomic mass is 10.1. The fraction of sp³-hybridized carbons (Fsp3) is 0.158. The van der Waals surface area contributed by atoms with Gasteiger partial charge in [0.2, 0.25) is 0 Å². The molecule has 0 aliphatic heterocycles. The Morgan fingerprint density at radius 1 is 1.21 bits per heavy atom. The van der Waals surface area contributed by atoms with E-state index in [1.54, 1.807) is 25.2 Å². The number of nitrogens with zero attached hydrogens (tertiary/aromatic N) is 2. The Morgan fingerprint density at radius 3 is 2.57 bits per heavy atom. The first-order chi connectivity index (χ1) is 13.3. The quantitative estimate of drug-likeness (QED) is 0.488. The maximum atomic E-state index is 12.1. The predicted molar refractivity (Wildman–Crippen MR) is 103 cm³/mol. The Morgan fingerprint density at radius 2 is 1.93 bits per heavy atom. The molecule has 144 valence electrons. The number of amides is 1. The van der Waals surface area contributed by atoms with Gasteiger partial charge >= 0.3 is 5.97 Å². The molecule has 2 aromatic heterocycles. The molecule has 0 saturated heterocycles. The van der Waals surface area contributed by atoms with E-state index in [2.05, 4.69) is 15.4 Å². The van der Waals surface area contributed by atoms with Crippen molar-refractivity contribution in [3.05, 3.63) is 58.9 Å². The Kier molecular flexibility index (Phi) is 5.60. The molecule has 0 unspecified atom stereocenters. The van der Waals surface area contributed by atoms with Gasteiger partial charge < -0.3 is 15.0 Å². The third kappa shape index (κ3) is 4.47. The monoisotopic (exact) mass is 400 g/mol. The molecule has 1 amide bonds. The standard InChI is InChI=1S/C19H17ClN4O4/c1-11(25)13-7-16(21-9-13)19(27)28-10-18(26)22-17-8-15(23-24(17)2)12-3-5-14(20)6-4-12/h3-9,21H,10H2,1-2H3,(H,22,26). The minimum atomic E-state index is -0.727. The van der Waals surface area contributed by atoms with Crippen LogP contribution >= 0.6 is 11.6 Å². The number of halogens is 1. The molecule has 0 atom stereocenters. The number of H-pyrrole nitrogens is 1. The zero-order valence-electron chi connectivity index (χ0n) is 15.2. The van der Waals surface area contributed by atoms with Gasteiger partial charge in [-0.1, -0.05) is 23.7 Å². The van der Waals surface area contributed by atoms with Gasteiger partial charge in [0.15, 0.2) is 12.4 Å². The molecule has 8 nitrogen and oxygen atoms in total. The molecular weight excluding hydrogens is 384 g/mol. The topological polar surface area (TPSA) is 106 Å². The van der Waals surface area contributed by atoms with Crippen LogP contribution < -0.4 is 5.32 Å². The van der Waals surface area contributed by atoms with E-state index in [9.17, 15) is 14.4 Å². The summed E-state index contributed by atoms with van der Waals surface area (Å²) in [5.41, 5.74) is 1.97. The number of rotatable bonds is 6. The van der Waals surface area contributed by atoms with Gasteiger partial charge in [-0.3, -0.25) is 14.3 Å². The molecule has 0 bridgehead atoms. The molecule has 0 aliphatic rings. The minimum absolute atomic E-state index is 0.101. The van der Waals surface area contributed by atoms with Crippen LogP contribution in [0.25, 0.3) is 11.3 Å². The number of carbonyl (C=O) groups is 3. The first-order valence-electron chi connectivity index (χ1n) is 8.30.